The first kappa shape index (κ1) is 14.4. The van der Waals surface area contributed by atoms with E-state index in [1.807, 2.05) is 6.92 Å². The molecule has 0 aliphatic carbocycles. The molecule has 1 heterocycles. The minimum atomic E-state index is -0.335. The summed E-state index contributed by atoms with van der Waals surface area (Å²) in [5.41, 5.74) is 2.48. The van der Waals surface area contributed by atoms with Gasteiger partial charge in [0.2, 0.25) is 0 Å². The molecule has 0 aromatic heterocycles. The first-order valence-electron chi connectivity index (χ1n) is 7.18. The Bertz CT molecular complexity index is 413. The van der Waals surface area contributed by atoms with Crippen molar-refractivity contribution < 1.29 is 5.11 Å². The second-order valence-electron chi connectivity index (χ2n) is 6.17. The zero-order valence-electron chi connectivity index (χ0n) is 12.6. The summed E-state index contributed by atoms with van der Waals surface area (Å²) in [7, 11) is 2.19. The predicted molar refractivity (Wildman–Crippen MR) is 80.6 cm³/mol. The van der Waals surface area contributed by atoms with Crippen LogP contribution < -0.4 is 4.90 Å². The van der Waals surface area contributed by atoms with E-state index in [2.05, 4.69) is 55.0 Å². The molecule has 19 heavy (non-hydrogen) atoms. The first-order valence-corrected chi connectivity index (χ1v) is 7.18. The molecule has 1 saturated heterocycles. The third-order valence-electron chi connectivity index (χ3n) is 4.35. The summed E-state index contributed by atoms with van der Waals surface area (Å²) in [5, 5.41) is 9.83. The average molecular weight is 262 g/mol. The Morgan fingerprint density at radius 2 is 1.84 bits per heavy atom. The smallest absolute Gasteiger partial charge is 0.0787 e. The van der Waals surface area contributed by atoms with Gasteiger partial charge in [0.15, 0.2) is 0 Å². The Morgan fingerprint density at radius 3 is 2.37 bits per heavy atom. The molecule has 3 heteroatoms. The fraction of sp³-hybridized carbons (Fsp3) is 0.625. The molecule has 0 radical (unpaired) electrons. The van der Waals surface area contributed by atoms with Gasteiger partial charge in [0, 0.05) is 30.9 Å². The van der Waals surface area contributed by atoms with Crippen molar-refractivity contribution in [3.8, 4) is 0 Å². The van der Waals surface area contributed by atoms with Crippen LogP contribution in [0.4, 0.5) is 5.69 Å². The van der Waals surface area contributed by atoms with E-state index in [0.29, 0.717) is 0 Å². The number of piperazine rings is 1. The molecule has 2 rings (SSSR count). The lowest BCUT2D eigenvalue weighted by Crippen LogP contribution is -2.57. The number of benzene rings is 1. The molecule has 0 spiro atoms. The maximum atomic E-state index is 9.83. The van der Waals surface area contributed by atoms with E-state index in [4.69, 9.17) is 0 Å². The summed E-state index contributed by atoms with van der Waals surface area (Å²) < 4.78 is 0. The zero-order valence-corrected chi connectivity index (χ0v) is 12.6. The number of likely N-dealkylation sites (N-methyl/N-ethyl adjacent to an activating group) is 1. The molecule has 1 atom stereocenters. The van der Waals surface area contributed by atoms with Crippen molar-refractivity contribution in [2.45, 2.75) is 38.8 Å². The van der Waals surface area contributed by atoms with Gasteiger partial charge >= 0.3 is 0 Å². The molecular weight excluding hydrogens is 236 g/mol. The van der Waals surface area contributed by atoms with Crippen LogP contribution in [0.15, 0.2) is 24.3 Å². The number of hydrogen-bond donors (Lipinski definition) is 1. The Balaban J connectivity index is 2.10. The fourth-order valence-electron chi connectivity index (χ4n) is 2.60. The second-order valence-corrected chi connectivity index (χ2v) is 6.17. The third kappa shape index (κ3) is 3.10. The SMILES string of the molecule is CC[C@H](O)c1ccc(N2CCN(C)C(C)(C)C2)cc1. The lowest BCUT2D eigenvalue weighted by molar-refractivity contribution is 0.139. The average Bonchev–Trinajstić information content (AvgIpc) is 2.41. The highest BCUT2D eigenvalue weighted by Crippen LogP contribution is 2.26. The summed E-state index contributed by atoms with van der Waals surface area (Å²) in [6, 6.07) is 8.37. The quantitative estimate of drug-likeness (QED) is 0.907. The Morgan fingerprint density at radius 1 is 1.21 bits per heavy atom. The van der Waals surface area contributed by atoms with Crippen LogP contribution in [0.1, 0.15) is 38.9 Å². The second kappa shape index (κ2) is 5.51. The van der Waals surface area contributed by atoms with E-state index >= 15 is 0 Å². The number of aliphatic hydroxyl groups excluding tert-OH is 1. The fourth-order valence-corrected chi connectivity index (χ4v) is 2.60. The van der Waals surface area contributed by atoms with Gasteiger partial charge in [-0.1, -0.05) is 19.1 Å². The van der Waals surface area contributed by atoms with Crippen LogP contribution in [0.25, 0.3) is 0 Å². The van der Waals surface area contributed by atoms with Gasteiger partial charge in [-0.3, -0.25) is 4.90 Å². The van der Waals surface area contributed by atoms with E-state index in [1.165, 1.54) is 5.69 Å². The monoisotopic (exact) mass is 262 g/mol. The highest BCUT2D eigenvalue weighted by molar-refractivity contribution is 5.49. The number of nitrogens with zero attached hydrogens (tertiary/aromatic N) is 2. The maximum Gasteiger partial charge on any atom is 0.0787 e. The molecule has 1 fully saturated rings. The summed E-state index contributed by atoms with van der Waals surface area (Å²) in [5.74, 6) is 0. The van der Waals surface area contributed by atoms with Crippen molar-refractivity contribution in [2.24, 2.45) is 0 Å². The van der Waals surface area contributed by atoms with E-state index in [0.717, 1.165) is 31.6 Å². The van der Waals surface area contributed by atoms with Crippen LogP contribution in [-0.2, 0) is 0 Å². The molecule has 0 saturated carbocycles. The molecule has 1 aromatic carbocycles. The Kier molecular flexibility index (Phi) is 4.16. The Hall–Kier alpha value is -1.06. The summed E-state index contributed by atoms with van der Waals surface area (Å²) >= 11 is 0. The highest BCUT2D eigenvalue weighted by atomic mass is 16.3. The third-order valence-corrected chi connectivity index (χ3v) is 4.35. The van der Waals surface area contributed by atoms with Crippen LogP contribution in [0.5, 0.6) is 0 Å². The van der Waals surface area contributed by atoms with Crippen molar-refractivity contribution in [1.82, 2.24) is 4.90 Å². The van der Waals surface area contributed by atoms with Gasteiger partial charge in [-0.05, 0) is 45.0 Å². The van der Waals surface area contributed by atoms with Crippen molar-refractivity contribution in [1.29, 1.82) is 0 Å². The number of anilines is 1. The summed E-state index contributed by atoms with van der Waals surface area (Å²) in [4.78, 5) is 4.85. The van der Waals surface area contributed by atoms with E-state index in [9.17, 15) is 5.11 Å². The van der Waals surface area contributed by atoms with Gasteiger partial charge < -0.3 is 10.0 Å². The standard InChI is InChI=1S/C16H26N2O/c1-5-15(19)13-6-8-14(9-7-13)18-11-10-17(4)16(2,3)12-18/h6-9,15,19H,5,10-12H2,1-4H3/t15-/m0/s1. The number of hydrogen-bond acceptors (Lipinski definition) is 3. The van der Waals surface area contributed by atoms with Gasteiger partial charge in [0.25, 0.3) is 0 Å². The van der Waals surface area contributed by atoms with E-state index in [1.54, 1.807) is 0 Å². The zero-order chi connectivity index (χ0) is 14.0. The largest absolute Gasteiger partial charge is 0.388 e. The van der Waals surface area contributed by atoms with Crippen molar-refractivity contribution in [2.75, 3.05) is 31.6 Å². The van der Waals surface area contributed by atoms with Crippen molar-refractivity contribution in [3.05, 3.63) is 29.8 Å². The minimum Gasteiger partial charge on any atom is -0.388 e. The molecule has 106 valence electrons. The van der Waals surface area contributed by atoms with Gasteiger partial charge in [-0.2, -0.15) is 0 Å². The van der Waals surface area contributed by atoms with Gasteiger partial charge in [-0.25, -0.2) is 0 Å². The molecule has 0 amide bonds. The highest BCUT2D eigenvalue weighted by Gasteiger charge is 2.30. The molecular formula is C16H26N2O. The predicted octanol–water partition coefficient (Wildman–Crippen LogP) is 2.66. The summed E-state index contributed by atoms with van der Waals surface area (Å²) in [6.45, 7) is 9.77. The van der Waals surface area contributed by atoms with E-state index in [-0.39, 0.29) is 11.6 Å². The van der Waals surface area contributed by atoms with E-state index < -0.39 is 0 Å². The molecule has 1 N–H and O–H groups in total. The van der Waals surface area contributed by atoms with Gasteiger partial charge in [0.1, 0.15) is 0 Å². The number of rotatable bonds is 3. The van der Waals surface area contributed by atoms with Gasteiger partial charge in [0.05, 0.1) is 6.10 Å². The van der Waals surface area contributed by atoms with Crippen LogP contribution in [0, 0.1) is 0 Å². The van der Waals surface area contributed by atoms with Crippen molar-refractivity contribution in [3.63, 3.8) is 0 Å². The first-order chi connectivity index (χ1) is 8.94. The van der Waals surface area contributed by atoms with Crippen LogP contribution in [0.3, 0.4) is 0 Å². The lowest BCUT2D eigenvalue weighted by atomic mass is 9.99. The van der Waals surface area contributed by atoms with Crippen LogP contribution in [-0.4, -0.2) is 42.2 Å². The van der Waals surface area contributed by atoms with Crippen LogP contribution in [0.2, 0.25) is 0 Å². The van der Waals surface area contributed by atoms with Crippen LogP contribution >= 0.6 is 0 Å². The molecule has 1 aliphatic rings. The molecule has 1 aliphatic heterocycles. The molecule has 1 aromatic rings. The normalized spacial score (nSPS) is 21.4. The number of aliphatic hydroxyl groups is 1. The minimum absolute atomic E-state index is 0.208. The molecule has 3 nitrogen and oxygen atoms in total. The topological polar surface area (TPSA) is 26.7 Å². The molecule has 0 unspecified atom stereocenters. The Labute approximate surface area is 116 Å². The molecule has 0 bridgehead atoms. The van der Waals surface area contributed by atoms with Crippen molar-refractivity contribution >= 4 is 5.69 Å². The van der Waals surface area contributed by atoms with Gasteiger partial charge in [-0.15, -0.1) is 0 Å². The maximum absolute atomic E-state index is 9.83. The lowest BCUT2D eigenvalue weighted by Gasteiger charge is -2.46. The summed E-state index contributed by atoms with van der Waals surface area (Å²) in [6.07, 6.45) is 0.430.